The highest BCUT2D eigenvalue weighted by molar-refractivity contribution is 14.0. The molecule has 28 heavy (non-hydrogen) atoms. The van der Waals surface area contributed by atoms with Crippen molar-refractivity contribution in [2.24, 2.45) is 4.99 Å². The number of nitrogens with one attached hydrogen (secondary N) is 2. The van der Waals surface area contributed by atoms with Gasteiger partial charge in [0.05, 0.1) is 25.6 Å². The molecule has 156 valence electrons. The van der Waals surface area contributed by atoms with E-state index < -0.39 is 0 Å². The summed E-state index contributed by atoms with van der Waals surface area (Å²) in [5.41, 5.74) is 0. The Bertz CT molecular complexity index is 658. The first kappa shape index (κ1) is 23.2. The van der Waals surface area contributed by atoms with Crippen LogP contribution in [0.1, 0.15) is 24.0 Å². The Balaban J connectivity index is 0.00000280. The topological polar surface area (TPSA) is 68.0 Å². The molecular weight excluding hydrogens is 489 g/mol. The lowest BCUT2D eigenvalue weighted by molar-refractivity contribution is 0.0347. The molecular formula is C20H30IN3O3S. The minimum absolute atomic E-state index is 0. The summed E-state index contributed by atoms with van der Waals surface area (Å²) in [6, 6.07) is 8.30. The summed E-state index contributed by atoms with van der Waals surface area (Å²) in [5, 5.41) is 8.95. The molecule has 2 unspecified atom stereocenters. The van der Waals surface area contributed by atoms with Gasteiger partial charge in [0.1, 0.15) is 5.76 Å². The van der Waals surface area contributed by atoms with Crippen LogP contribution in [-0.2, 0) is 22.3 Å². The summed E-state index contributed by atoms with van der Waals surface area (Å²) in [7, 11) is 0. The SMILES string of the molecule is CC(COC1CCOC1)NC(=NCCc1cccs1)NCCc1ccco1.I. The molecule has 2 N–H and O–H groups in total. The lowest BCUT2D eigenvalue weighted by Gasteiger charge is -2.20. The Morgan fingerprint density at radius 1 is 1.36 bits per heavy atom. The molecule has 0 spiro atoms. The highest BCUT2D eigenvalue weighted by Gasteiger charge is 2.17. The molecule has 0 bridgehead atoms. The Kier molecular flexibility index (Phi) is 10.9. The van der Waals surface area contributed by atoms with Crippen LogP contribution >= 0.6 is 35.3 Å². The fourth-order valence-electron chi connectivity index (χ4n) is 2.84. The van der Waals surface area contributed by atoms with Gasteiger partial charge >= 0.3 is 0 Å². The van der Waals surface area contributed by atoms with Crippen molar-refractivity contribution in [1.82, 2.24) is 10.6 Å². The molecule has 3 rings (SSSR count). The van der Waals surface area contributed by atoms with Crippen molar-refractivity contribution in [2.45, 2.75) is 38.3 Å². The van der Waals surface area contributed by atoms with Crippen molar-refractivity contribution >= 4 is 41.3 Å². The number of rotatable bonds is 10. The van der Waals surface area contributed by atoms with Gasteiger partial charge in [-0.1, -0.05) is 6.07 Å². The lowest BCUT2D eigenvalue weighted by Crippen LogP contribution is -2.45. The molecule has 0 saturated carbocycles. The smallest absolute Gasteiger partial charge is 0.191 e. The molecule has 1 aliphatic rings. The predicted molar refractivity (Wildman–Crippen MR) is 124 cm³/mol. The maximum absolute atomic E-state index is 5.91. The van der Waals surface area contributed by atoms with Crippen LogP contribution in [0, 0.1) is 0 Å². The molecule has 1 saturated heterocycles. The Hall–Kier alpha value is -1.10. The molecule has 1 aliphatic heterocycles. The normalized spacial score (nSPS) is 17.9. The van der Waals surface area contributed by atoms with Gasteiger partial charge in [-0.3, -0.25) is 4.99 Å². The molecule has 0 aliphatic carbocycles. The van der Waals surface area contributed by atoms with Gasteiger partial charge < -0.3 is 24.5 Å². The summed E-state index contributed by atoms with van der Waals surface area (Å²) in [6.07, 6.45) is 4.68. The molecule has 2 atom stereocenters. The van der Waals surface area contributed by atoms with E-state index in [0.29, 0.717) is 13.2 Å². The number of ether oxygens (including phenoxy) is 2. The summed E-state index contributed by atoms with van der Waals surface area (Å²) in [4.78, 5) is 6.08. The summed E-state index contributed by atoms with van der Waals surface area (Å²) < 4.78 is 16.7. The van der Waals surface area contributed by atoms with Gasteiger partial charge in [0.25, 0.3) is 0 Å². The fraction of sp³-hybridized carbons (Fsp3) is 0.550. The molecule has 2 aromatic rings. The van der Waals surface area contributed by atoms with Gasteiger partial charge in [0.15, 0.2) is 5.96 Å². The number of thiophene rings is 1. The fourth-order valence-corrected chi connectivity index (χ4v) is 3.54. The maximum atomic E-state index is 5.91. The zero-order valence-corrected chi connectivity index (χ0v) is 19.4. The number of hydrogen-bond donors (Lipinski definition) is 2. The van der Waals surface area contributed by atoms with E-state index in [1.165, 1.54) is 4.88 Å². The Labute approximate surface area is 188 Å². The van der Waals surface area contributed by atoms with Gasteiger partial charge in [-0.05, 0) is 36.9 Å². The van der Waals surface area contributed by atoms with E-state index >= 15 is 0 Å². The van der Waals surface area contributed by atoms with E-state index in [4.69, 9.17) is 18.9 Å². The molecule has 6 nitrogen and oxygen atoms in total. The van der Waals surface area contributed by atoms with E-state index in [-0.39, 0.29) is 36.1 Å². The largest absolute Gasteiger partial charge is 0.469 e. The second kappa shape index (κ2) is 13.2. The summed E-state index contributed by atoms with van der Waals surface area (Å²) in [6.45, 7) is 5.77. The number of aliphatic imine (C=N–C) groups is 1. The third-order valence-corrected chi connectivity index (χ3v) is 5.24. The van der Waals surface area contributed by atoms with Crippen LogP contribution in [0.25, 0.3) is 0 Å². The zero-order chi connectivity index (χ0) is 18.7. The monoisotopic (exact) mass is 519 g/mol. The van der Waals surface area contributed by atoms with Crippen LogP contribution < -0.4 is 10.6 Å². The van der Waals surface area contributed by atoms with E-state index in [0.717, 1.165) is 50.7 Å². The number of hydrogen-bond acceptors (Lipinski definition) is 5. The van der Waals surface area contributed by atoms with Crippen molar-refractivity contribution in [1.29, 1.82) is 0 Å². The second-order valence-corrected chi connectivity index (χ2v) is 7.71. The number of nitrogens with zero attached hydrogens (tertiary/aromatic N) is 1. The summed E-state index contributed by atoms with van der Waals surface area (Å²) in [5.74, 6) is 1.79. The molecule has 2 aromatic heterocycles. The average molecular weight is 519 g/mol. The third-order valence-electron chi connectivity index (χ3n) is 4.31. The van der Waals surface area contributed by atoms with Crippen molar-refractivity contribution in [2.75, 3.05) is 32.9 Å². The molecule has 1 fully saturated rings. The number of furan rings is 1. The molecule has 8 heteroatoms. The van der Waals surface area contributed by atoms with Crippen LogP contribution in [0.5, 0.6) is 0 Å². The Morgan fingerprint density at radius 3 is 3.00 bits per heavy atom. The quantitative estimate of drug-likeness (QED) is 0.286. The van der Waals surface area contributed by atoms with Gasteiger partial charge in [-0.25, -0.2) is 0 Å². The lowest BCUT2D eigenvalue weighted by atomic mass is 10.3. The molecule has 0 radical (unpaired) electrons. The van der Waals surface area contributed by atoms with Crippen molar-refractivity contribution in [3.63, 3.8) is 0 Å². The van der Waals surface area contributed by atoms with Gasteiger partial charge in [0, 0.05) is 43.5 Å². The maximum Gasteiger partial charge on any atom is 0.191 e. The van der Waals surface area contributed by atoms with Crippen LogP contribution in [0.3, 0.4) is 0 Å². The van der Waals surface area contributed by atoms with Crippen LogP contribution in [0.2, 0.25) is 0 Å². The minimum Gasteiger partial charge on any atom is -0.469 e. The van der Waals surface area contributed by atoms with E-state index in [2.05, 4.69) is 35.1 Å². The van der Waals surface area contributed by atoms with Crippen LogP contribution in [-0.4, -0.2) is 51.0 Å². The second-order valence-electron chi connectivity index (χ2n) is 6.68. The van der Waals surface area contributed by atoms with E-state index in [1.807, 2.05) is 12.1 Å². The standard InChI is InChI=1S/C20H29N3O3S.HI/c1-16(14-26-18-8-12-24-15-18)23-20(21-9-6-17-4-2-11-25-17)22-10-7-19-5-3-13-27-19;/h2-5,11,13,16,18H,6-10,12,14-15H2,1H3,(H2,21,22,23);1H. The zero-order valence-electron chi connectivity index (χ0n) is 16.3. The van der Waals surface area contributed by atoms with Crippen molar-refractivity contribution < 1.29 is 13.9 Å². The van der Waals surface area contributed by atoms with E-state index in [1.54, 1.807) is 17.6 Å². The highest BCUT2D eigenvalue weighted by Crippen LogP contribution is 2.09. The number of guanidine groups is 1. The predicted octanol–water partition coefficient (Wildman–Crippen LogP) is 3.47. The third kappa shape index (κ3) is 8.50. The molecule has 0 aromatic carbocycles. The first-order valence-corrected chi connectivity index (χ1v) is 10.5. The van der Waals surface area contributed by atoms with Gasteiger partial charge in [0.2, 0.25) is 0 Å². The Morgan fingerprint density at radius 2 is 2.29 bits per heavy atom. The molecule has 0 amide bonds. The van der Waals surface area contributed by atoms with Crippen LogP contribution in [0.15, 0.2) is 45.3 Å². The van der Waals surface area contributed by atoms with Gasteiger partial charge in [-0.15, -0.1) is 35.3 Å². The minimum atomic E-state index is 0. The number of halogens is 1. The average Bonchev–Trinajstić information content (AvgIpc) is 3.42. The van der Waals surface area contributed by atoms with Gasteiger partial charge in [-0.2, -0.15) is 0 Å². The van der Waals surface area contributed by atoms with Crippen LogP contribution in [0.4, 0.5) is 0 Å². The van der Waals surface area contributed by atoms with Crippen molar-refractivity contribution in [3.8, 4) is 0 Å². The molecule has 3 heterocycles. The van der Waals surface area contributed by atoms with Crippen molar-refractivity contribution in [3.05, 3.63) is 46.5 Å². The highest BCUT2D eigenvalue weighted by atomic mass is 127. The summed E-state index contributed by atoms with van der Waals surface area (Å²) >= 11 is 1.77. The van der Waals surface area contributed by atoms with E-state index in [9.17, 15) is 0 Å². The first-order chi connectivity index (χ1) is 13.3. The first-order valence-electron chi connectivity index (χ1n) is 9.58.